The molecule has 0 bridgehead atoms. The van der Waals surface area contributed by atoms with E-state index in [1.54, 1.807) is 17.1 Å². The lowest BCUT2D eigenvalue weighted by atomic mass is 10.1. The van der Waals surface area contributed by atoms with E-state index >= 15 is 0 Å². The Labute approximate surface area is 107 Å². The molecule has 0 radical (unpaired) electrons. The van der Waals surface area contributed by atoms with Crippen LogP contribution in [0.4, 0.5) is 0 Å². The number of hydrogen-bond acceptors (Lipinski definition) is 4. The molecule has 2 heterocycles. The van der Waals surface area contributed by atoms with Gasteiger partial charge in [0.15, 0.2) is 5.75 Å². The van der Waals surface area contributed by atoms with E-state index in [0.29, 0.717) is 17.7 Å². The van der Waals surface area contributed by atoms with Gasteiger partial charge in [0.2, 0.25) is 5.88 Å². The standard InChI is InChI=1S/C13H18N4O/c1-4-14-10(2)11-5-6-13(15-7-11)18-12-8-16-17(3)9-12/h5-10,14H,4H2,1-3H3. The third-order valence-corrected chi connectivity index (χ3v) is 2.67. The molecule has 0 spiro atoms. The Morgan fingerprint density at radius 2 is 2.22 bits per heavy atom. The molecule has 0 aromatic carbocycles. The molecule has 1 unspecified atom stereocenters. The average Bonchev–Trinajstić information content (AvgIpc) is 2.76. The van der Waals surface area contributed by atoms with Gasteiger partial charge in [-0.2, -0.15) is 5.10 Å². The molecule has 0 aliphatic carbocycles. The van der Waals surface area contributed by atoms with Crippen LogP contribution < -0.4 is 10.1 Å². The van der Waals surface area contributed by atoms with E-state index < -0.39 is 0 Å². The molecule has 5 heteroatoms. The molecule has 5 nitrogen and oxygen atoms in total. The Morgan fingerprint density at radius 1 is 1.39 bits per heavy atom. The summed E-state index contributed by atoms with van der Waals surface area (Å²) in [5.74, 6) is 1.27. The molecule has 2 aromatic rings. The van der Waals surface area contributed by atoms with Crippen molar-refractivity contribution >= 4 is 0 Å². The monoisotopic (exact) mass is 246 g/mol. The second-order valence-corrected chi connectivity index (χ2v) is 4.16. The smallest absolute Gasteiger partial charge is 0.219 e. The Balaban J connectivity index is 2.03. The lowest BCUT2D eigenvalue weighted by molar-refractivity contribution is 0.461. The fourth-order valence-electron chi connectivity index (χ4n) is 1.70. The van der Waals surface area contributed by atoms with Gasteiger partial charge in [0.05, 0.1) is 12.4 Å². The molecule has 1 N–H and O–H groups in total. The van der Waals surface area contributed by atoms with Gasteiger partial charge < -0.3 is 10.1 Å². The normalized spacial score (nSPS) is 12.4. The van der Waals surface area contributed by atoms with Gasteiger partial charge in [0.1, 0.15) is 0 Å². The maximum absolute atomic E-state index is 5.58. The van der Waals surface area contributed by atoms with Crippen LogP contribution in [0.3, 0.4) is 0 Å². The lowest BCUT2D eigenvalue weighted by Gasteiger charge is -2.12. The summed E-state index contributed by atoms with van der Waals surface area (Å²) in [6, 6.07) is 4.19. The summed E-state index contributed by atoms with van der Waals surface area (Å²) < 4.78 is 7.27. The number of aryl methyl sites for hydroxylation is 1. The van der Waals surface area contributed by atoms with Gasteiger partial charge >= 0.3 is 0 Å². The quantitative estimate of drug-likeness (QED) is 0.879. The molecule has 96 valence electrons. The van der Waals surface area contributed by atoms with Crippen molar-refractivity contribution in [3.05, 3.63) is 36.3 Å². The minimum absolute atomic E-state index is 0.301. The van der Waals surface area contributed by atoms with Gasteiger partial charge in [0, 0.05) is 25.4 Å². The summed E-state index contributed by atoms with van der Waals surface area (Å²) in [5.41, 5.74) is 1.15. The zero-order chi connectivity index (χ0) is 13.0. The SMILES string of the molecule is CCNC(C)c1ccc(Oc2cnn(C)c2)nc1. The van der Waals surface area contributed by atoms with Crippen LogP contribution >= 0.6 is 0 Å². The first-order chi connectivity index (χ1) is 8.69. The zero-order valence-electron chi connectivity index (χ0n) is 10.9. The highest BCUT2D eigenvalue weighted by Crippen LogP contribution is 2.19. The Bertz CT molecular complexity index is 492. The number of nitrogens with one attached hydrogen (secondary N) is 1. The first-order valence-corrected chi connectivity index (χ1v) is 6.05. The molecular weight excluding hydrogens is 228 g/mol. The first-order valence-electron chi connectivity index (χ1n) is 6.05. The second-order valence-electron chi connectivity index (χ2n) is 4.16. The number of rotatable bonds is 5. The maximum atomic E-state index is 5.58. The van der Waals surface area contributed by atoms with Gasteiger partial charge in [-0.3, -0.25) is 4.68 Å². The molecule has 0 aliphatic rings. The fraction of sp³-hybridized carbons (Fsp3) is 0.385. The Morgan fingerprint density at radius 3 is 2.78 bits per heavy atom. The summed E-state index contributed by atoms with van der Waals surface area (Å²) >= 11 is 0. The molecule has 0 saturated heterocycles. The van der Waals surface area contributed by atoms with E-state index in [2.05, 4.69) is 29.2 Å². The second kappa shape index (κ2) is 5.64. The fourth-order valence-corrected chi connectivity index (χ4v) is 1.70. The number of pyridine rings is 1. The van der Waals surface area contributed by atoms with Crippen LogP contribution in [0.2, 0.25) is 0 Å². The van der Waals surface area contributed by atoms with Gasteiger partial charge in [-0.25, -0.2) is 4.98 Å². The first kappa shape index (κ1) is 12.6. The Kier molecular flexibility index (Phi) is 3.94. The summed E-state index contributed by atoms with van der Waals surface area (Å²) in [6.07, 6.45) is 5.30. The number of hydrogen-bond donors (Lipinski definition) is 1. The van der Waals surface area contributed by atoms with Gasteiger partial charge in [0.25, 0.3) is 0 Å². The van der Waals surface area contributed by atoms with E-state index in [-0.39, 0.29) is 0 Å². The van der Waals surface area contributed by atoms with E-state index in [1.165, 1.54) is 0 Å². The van der Waals surface area contributed by atoms with Crippen molar-refractivity contribution in [2.45, 2.75) is 19.9 Å². The minimum Gasteiger partial charge on any atom is -0.436 e. The Hall–Kier alpha value is -1.88. The molecular formula is C13H18N4O. The van der Waals surface area contributed by atoms with Crippen molar-refractivity contribution in [1.82, 2.24) is 20.1 Å². The molecule has 2 aromatic heterocycles. The van der Waals surface area contributed by atoms with Gasteiger partial charge in [-0.05, 0) is 19.0 Å². The highest BCUT2D eigenvalue weighted by molar-refractivity contribution is 5.25. The maximum Gasteiger partial charge on any atom is 0.219 e. The van der Waals surface area contributed by atoms with Gasteiger partial charge in [-0.1, -0.05) is 13.0 Å². The van der Waals surface area contributed by atoms with Gasteiger partial charge in [-0.15, -0.1) is 0 Å². The van der Waals surface area contributed by atoms with Crippen molar-refractivity contribution in [3.8, 4) is 11.6 Å². The molecule has 0 amide bonds. The van der Waals surface area contributed by atoms with E-state index in [0.717, 1.165) is 12.1 Å². The molecule has 1 atom stereocenters. The van der Waals surface area contributed by atoms with Crippen molar-refractivity contribution in [1.29, 1.82) is 0 Å². The predicted molar refractivity (Wildman–Crippen MR) is 69.6 cm³/mol. The van der Waals surface area contributed by atoms with E-state index in [1.807, 2.05) is 25.4 Å². The summed E-state index contributed by atoms with van der Waals surface area (Å²) in [7, 11) is 1.85. The topological polar surface area (TPSA) is 52.0 Å². The van der Waals surface area contributed by atoms with Crippen LogP contribution in [0.1, 0.15) is 25.5 Å². The zero-order valence-corrected chi connectivity index (χ0v) is 10.9. The van der Waals surface area contributed by atoms with Crippen LogP contribution in [-0.4, -0.2) is 21.3 Å². The molecule has 0 saturated carbocycles. The summed E-state index contributed by atoms with van der Waals surface area (Å²) in [5, 5.41) is 7.38. The lowest BCUT2D eigenvalue weighted by Crippen LogP contribution is -2.17. The summed E-state index contributed by atoms with van der Waals surface area (Å²) in [4.78, 5) is 4.29. The van der Waals surface area contributed by atoms with Crippen molar-refractivity contribution in [3.63, 3.8) is 0 Å². The third-order valence-electron chi connectivity index (χ3n) is 2.67. The largest absolute Gasteiger partial charge is 0.436 e. The van der Waals surface area contributed by atoms with Crippen molar-refractivity contribution in [2.24, 2.45) is 7.05 Å². The van der Waals surface area contributed by atoms with Crippen LogP contribution in [-0.2, 0) is 7.05 Å². The van der Waals surface area contributed by atoms with Crippen molar-refractivity contribution in [2.75, 3.05) is 6.54 Å². The third kappa shape index (κ3) is 3.07. The van der Waals surface area contributed by atoms with Crippen LogP contribution in [0.5, 0.6) is 11.6 Å². The summed E-state index contributed by atoms with van der Waals surface area (Å²) in [6.45, 7) is 5.14. The number of ether oxygens (including phenoxy) is 1. The van der Waals surface area contributed by atoms with Crippen LogP contribution in [0, 0.1) is 0 Å². The predicted octanol–water partition coefficient (Wildman–Crippen LogP) is 2.28. The molecule has 0 fully saturated rings. The highest BCUT2D eigenvalue weighted by atomic mass is 16.5. The number of nitrogens with zero attached hydrogens (tertiary/aromatic N) is 3. The van der Waals surface area contributed by atoms with Crippen molar-refractivity contribution < 1.29 is 4.74 Å². The minimum atomic E-state index is 0.301. The number of aromatic nitrogens is 3. The highest BCUT2D eigenvalue weighted by Gasteiger charge is 2.05. The molecule has 18 heavy (non-hydrogen) atoms. The molecule has 0 aliphatic heterocycles. The van der Waals surface area contributed by atoms with Crippen LogP contribution in [0.25, 0.3) is 0 Å². The van der Waals surface area contributed by atoms with E-state index in [9.17, 15) is 0 Å². The molecule has 2 rings (SSSR count). The van der Waals surface area contributed by atoms with Crippen LogP contribution in [0.15, 0.2) is 30.7 Å². The van der Waals surface area contributed by atoms with E-state index in [4.69, 9.17) is 4.74 Å². The average molecular weight is 246 g/mol.